The Morgan fingerprint density at radius 2 is 1.71 bits per heavy atom. The van der Waals surface area contributed by atoms with Crippen LogP contribution in [0.25, 0.3) is 0 Å². The highest BCUT2D eigenvalue weighted by atomic mass is 35.5. The molecule has 8 heteroatoms. The Morgan fingerprint density at radius 1 is 1.03 bits per heavy atom. The summed E-state index contributed by atoms with van der Waals surface area (Å²) in [6, 6.07) is 14.0. The summed E-state index contributed by atoms with van der Waals surface area (Å²) in [4.78, 5) is 40.4. The number of rotatable bonds is 5. The lowest BCUT2D eigenvalue weighted by Gasteiger charge is -2.35. The third kappa shape index (κ3) is 5.86. The molecular formula is C23H24ClN3O4. The summed E-state index contributed by atoms with van der Waals surface area (Å²) in [7, 11) is 1.31. The van der Waals surface area contributed by atoms with Gasteiger partial charge in [-0.25, -0.2) is 4.79 Å². The van der Waals surface area contributed by atoms with Gasteiger partial charge in [0, 0.05) is 54.2 Å². The van der Waals surface area contributed by atoms with Crippen molar-refractivity contribution in [3.05, 3.63) is 70.8 Å². The van der Waals surface area contributed by atoms with Crippen LogP contribution in [-0.4, -0.2) is 56.0 Å². The third-order valence-electron chi connectivity index (χ3n) is 5.03. The minimum absolute atomic E-state index is 0.195. The maximum atomic E-state index is 12.6. The number of amides is 2. The molecule has 3 rings (SSSR count). The molecule has 1 saturated heterocycles. The van der Waals surface area contributed by atoms with E-state index in [4.69, 9.17) is 11.6 Å². The molecule has 0 aromatic heterocycles. The molecule has 0 spiro atoms. The standard InChI is InChI=1S/C23H24ClN3O4/c1-16(22(29)25-19-8-6-17(7-9-19)23(30)31-2)14-21(28)27-12-10-26(11-13-27)20-5-3-4-18(24)15-20/h3-9,14-15H,10-13H2,1-2H3,(H,25,29)/b16-14+. The molecule has 162 valence electrons. The number of piperazine rings is 1. The molecule has 1 aliphatic heterocycles. The van der Waals surface area contributed by atoms with E-state index in [9.17, 15) is 14.4 Å². The van der Waals surface area contributed by atoms with Gasteiger partial charge in [-0.1, -0.05) is 17.7 Å². The van der Waals surface area contributed by atoms with Gasteiger partial charge in [0.1, 0.15) is 0 Å². The topological polar surface area (TPSA) is 78.9 Å². The first-order valence-electron chi connectivity index (χ1n) is 9.85. The molecule has 31 heavy (non-hydrogen) atoms. The Morgan fingerprint density at radius 3 is 2.32 bits per heavy atom. The van der Waals surface area contributed by atoms with Crippen LogP contribution in [-0.2, 0) is 14.3 Å². The number of carbonyl (C=O) groups excluding carboxylic acids is 3. The van der Waals surface area contributed by atoms with Gasteiger partial charge in [-0.05, 0) is 49.4 Å². The zero-order chi connectivity index (χ0) is 22.4. The minimum Gasteiger partial charge on any atom is -0.465 e. The number of carbonyl (C=O) groups is 3. The first kappa shape index (κ1) is 22.4. The second kappa shape index (κ2) is 10.1. The predicted octanol–water partition coefficient (Wildman–Crippen LogP) is 3.36. The minimum atomic E-state index is -0.449. The lowest BCUT2D eigenvalue weighted by Crippen LogP contribution is -2.48. The van der Waals surface area contributed by atoms with Gasteiger partial charge >= 0.3 is 5.97 Å². The highest BCUT2D eigenvalue weighted by Gasteiger charge is 2.21. The van der Waals surface area contributed by atoms with Crippen LogP contribution in [0.3, 0.4) is 0 Å². The van der Waals surface area contributed by atoms with Crippen molar-refractivity contribution >= 4 is 40.8 Å². The second-order valence-electron chi connectivity index (χ2n) is 7.14. The van der Waals surface area contributed by atoms with Crippen molar-refractivity contribution in [3.8, 4) is 0 Å². The molecule has 2 aromatic rings. The van der Waals surface area contributed by atoms with Gasteiger partial charge in [0.2, 0.25) is 5.91 Å². The van der Waals surface area contributed by atoms with Crippen LogP contribution in [0, 0.1) is 0 Å². The van der Waals surface area contributed by atoms with Crippen molar-refractivity contribution in [1.82, 2.24) is 4.90 Å². The quantitative estimate of drug-likeness (QED) is 0.568. The molecule has 1 aliphatic rings. The van der Waals surface area contributed by atoms with Crippen LogP contribution in [0.15, 0.2) is 60.2 Å². The molecule has 2 amide bonds. The van der Waals surface area contributed by atoms with Gasteiger partial charge in [0.25, 0.3) is 5.91 Å². The van der Waals surface area contributed by atoms with Gasteiger partial charge in [0.05, 0.1) is 12.7 Å². The fourth-order valence-corrected chi connectivity index (χ4v) is 3.42. The lowest BCUT2D eigenvalue weighted by atomic mass is 10.2. The summed E-state index contributed by atoms with van der Waals surface area (Å²) in [6.07, 6.45) is 1.35. The number of nitrogens with one attached hydrogen (secondary N) is 1. The molecule has 1 N–H and O–H groups in total. The number of hydrogen-bond donors (Lipinski definition) is 1. The highest BCUT2D eigenvalue weighted by Crippen LogP contribution is 2.21. The number of nitrogens with zero attached hydrogens (tertiary/aromatic N) is 2. The molecule has 1 fully saturated rings. The molecular weight excluding hydrogens is 418 g/mol. The molecule has 0 aliphatic carbocycles. The van der Waals surface area contributed by atoms with E-state index in [2.05, 4.69) is 15.0 Å². The SMILES string of the molecule is COC(=O)c1ccc(NC(=O)/C(C)=C/C(=O)N2CCN(c3cccc(Cl)c3)CC2)cc1. The first-order valence-corrected chi connectivity index (χ1v) is 10.2. The zero-order valence-corrected chi connectivity index (χ0v) is 18.2. The van der Waals surface area contributed by atoms with Gasteiger partial charge in [-0.3, -0.25) is 9.59 Å². The Balaban J connectivity index is 1.54. The number of halogens is 1. The maximum Gasteiger partial charge on any atom is 0.337 e. The van der Waals surface area contributed by atoms with Crippen LogP contribution >= 0.6 is 11.6 Å². The molecule has 0 radical (unpaired) electrons. The number of methoxy groups -OCH3 is 1. The fourth-order valence-electron chi connectivity index (χ4n) is 3.24. The molecule has 0 unspecified atom stereocenters. The Bertz CT molecular complexity index is 996. The van der Waals surface area contributed by atoms with Crippen molar-refractivity contribution in [1.29, 1.82) is 0 Å². The van der Waals surface area contributed by atoms with Gasteiger partial charge in [-0.15, -0.1) is 0 Å². The second-order valence-corrected chi connectivity index (χ2v) is 7.58. The largest absolute Gasteiger partial charge is 0.465 e. The van der Waals surface area contributed by atoms with Crippen LogP contribution in [0.4, 0.5) is 11.4 Å². The predicted molar refractivity (Wildman–Crippen MR) is 120 cm³/mol. The highest BCUT2D eigenvalue weighted by molar-refractivity contribution is 6.30. The van der Waals surface area contributed by atoms with Crippen molar-refractivity contribution in [2.75, 3.05) is 43.5 Å². The molecule has 7 nitrogen and oxygen atoms in total. The smallest absolute Gasteiger partial charge is 0.337 e. The van der Waals surface area contributed by atoms with E-state index in [-0.39, 0.29) is 11.8 Å². The number of esters is 1. The molecule has 0 atom stereocenters. The van der Waals surface area contributed by atoms with E-state index < -0.39 is 5.97 Å². The van der Waals surface area contributed by atoms with Crippen LogP contribution < -0.4 is 10.2 Å². The summed E-state index contributed by atoms with van der Waals surface area (Å²) in [5.74, 6) is -1.02. The Hall–Kier alpha value is -3.32. The van der Waals surface area contributed by atoms with E-state index >= 15 is 0 Å². The van der Waals surface area contributed by atoms with Crippen molar-refractivity contribution in [2.24, 2.45) is 0 Å². The van der Waals surface area contributed by atoms with Gasteiger partial charge < -0.3 is 19.9 Å². The average molecular weight is 442 g/mol. The van der Waals surface area contributed by atoms with Crippen molar-refractivity contribution in [2.45, 2.75) is 6.92 Å². The average Bonchev–Trinajstić information content (AvgIpc) is 2.79. The van der Waals surface area contributed by atoms with Crippen molar-refractivity contribution < 1.29 is 19.1 Å². The molecule has 0 bridgehead atoms. The number of benzene rings is 2. The summed E-state index contributed by atoms with van der Waals surface area (Å²) in [5.41, 5.74) is 2.25. The monoisotopic (exact) mass is 441 g/mol. The normalized spacial score (nSPS) is 14.2. The molecule has 0 saturated carbocycles. The molecule has 1 heterocycles. The summed E-state index contributed by atoms with van der Waals surface area (Å²) < 4.78 is 4.65. The Kier molecular flexibility index (Phi) is 7.31. The van der Waals surface area contributed by atoms with E-state index in [0.717, 1.165) is 5.69 Å². The Labute approximate surface area is 186 Å². The zero-order valence-electron chi connectivity index (χ0n) is 17.4. The summed E-state index contributed by atoms with van der Waals surface area (Å²) in [6.45, 7) is 4.10. The van der Waals surface area contributed by atoms with E-state index in [0.29, 0.717) is 48.0 Å². The number of ether oxygens (including phenoxy) is 1. The maximum absolute atomic E-state index is 12.6. The van der Waals surface area contributed by atoms with E-state index in [1.54, 1.807) is 36.1 Å². The van der Waals surface area contributed by atoms with E-state index in [1.165, 1.54) is 13.2 Å². The van der Waals surface area contributed by atoms with Crippen molar-refractivity contribution in [3.63, 3.8) is 0 Å². The summed E-state index contributed by atoms with van der Waals surface area (Å²) >= 11 is 6.06. The van der Waals surface area contributed by atoms with Crippen LogP contribution in [0.5, 0.6) is 0 Å². The first-order chi connectivity index (χ1) is 14.9. The van der Waals surface area contributed by atoms with E-state index in [1.807, 2.05) is 24.3 Å². The van der Waals surface area contributed by atoms with Gasteiger partial charge in [-0.2, -0.15) is 0 Å². The van der Waals surface area contributed by atoms with Crippen LogP contribution in [0.1, 0.15) is 17.3 Å². The lowest BCUT2D eigenvalue weighted by molar-refractivity contribution is -0.126. The van der Waals surface area contributed by atoms with Gasteiger partial charge in [0.15, 0.2) is 0 Å². The third-order valence-corrected chi connectivity index (χ3v) is 5.26. The molecule has 2 aromatic carbocycles. The fraction of sp³-hybridized carbons (Fsp3) is 0.261. The number of anilines is 2. The number of hydrogen-bond acceptors (Lipinski definition) is 5. The van der Waals surface area contributed by atoms with Crippen LogP contribution in [0.2, 0.25) is 5.02 Å². The summed E-state index contributed by atoms with van der Waals surface area (Å²) in [5, 5.41) is 3.40.